The first-order chi connectivity index (χ1) is 33.5. The van der Waals surface area contributed by atoms with Crippen LogP contribution < -0.4 is 0 Å². The second-order valence-corrected chi connectivity index (χ2v) is 16.6. The van der Waals surface area contributed by atoms with Gasteiger partial charge in [-0.25, -0.2) is 15.0 Å². The molecule has 0 bridgehead atoms. The van der Waals surface area contributed by atoms with Gasteiger partial charge in [-0.1, -0.05) is 176 Å². The third-order valence-electron chi connectivity index (χ3n) is 10.8. The van der Waals surface area contributed by atoms with E-state index in [1.807, 2.05) is 48.5 Å². The van der Waals surface area contributed by atoms with E-state index < -0.39 is 24.2 Å². The normalized spacial score (nSPS) is 13.8. The van der Waals surface area contributed by atoms with Gasteiger partial charge in [-0.05, 0) is 68.4 Å². The van der Waals surface area contributed by atoms with E-state index in [-0.39, 0.29) is 66.7 Å². The van der Waals surface area contributed by atoms with Crippen LogP contribution in [0.4, 0.5) is 0 Å². The third-order valence-corrected chi connectivity index (χ3v) is 13.1. The summed E-state index contributed by atoms with van der Waals surface area (Å²) in [7, 11) is 0. The molecule has 9 aromatic carbocycles. The molecule has 0 saturated heterocycles. The fourth-order valence-electron chi connectivity index (χ4n) is 7.89. The quantitative estimate of drug-likeness (QED) is 0.168. The Balaban J connectivity index is 0.998. The molecule has 0 unspecified atom stereocenters. The van der Waals surface area contributed by atoms with Gasteiger partial charge in [0, 0.05) is 57.0 Å². The van der Waals surface area contributed by atoms with Gasteiger partial charge in [-0.2, -0.15) is 0 Å². The summed E-state index contributed by atoms with van der Waals surface area (Å²) in [6.07, 6.45) is 0. The van der Waals surface area contributed by atoms with E-state index in [0.717, 1.165) is 49.2 Å². The highest BCUT2D eigenvalue weighted by molar-refractivity contribution is 7.27. The fourth-order valence-corrected chi connectivity index (χ4v) is 10.2. The zero-order chi connectivity index (χ0) is 47.4. The first-order valence-electron chi connectivity index (χ1n) is 23.9. The second-order valence-electron chi connectivity index (χ2n) is 14.4. The zero-order valence-corrected chi connectivity index (χ0v) is 33.1. The third kappa shape index (κ3) is 5.98. The van der Waals surface area contributed by atoms with Gasteiger partial charge in [0.1, 0.15) is 0 Å². The van der Waals surface area contributed by atoms with Gasteiger partial charge in [0.2, 0.25) is 0 Å². The van der Waals surface area contributed by atoms with Gasteiger partial charge in [0.05, 0.1) is 12.3 Å². The summed E-state index contributed by atoms with van der Waals surface area (Å²) in [6, 6.07) is 45.6. The molecule has 0 atom stereocenters. The molecule has 0 amide bonds. The van der Waals surface area contributed by atoms with E-state index in [9.17, 15) is 4.11 Å². The van der Waals surface area contributed by atoms with Crippen LogP contribution in [0.3, 0.4) is 0 Å². The lowest BCUT2D eigenvalue weighted by molar-refractivity contribution is 1.07. The van der Waals surface area contributed by atoms with Crippen molar-refractivity contribution in [2.45, 2.75) is 0 Å². The molecule has 0 spiro atoms. The Labute approximate surface area is 367 Å². The summed E-state index contributed by atoms with van der Waals surface area (Å²) in [5.41, 5.74) is 7.38. The van der Waals surface area contributed by atoms with Crippen molar-refractivity contribution in [3.8, 4) is 67.5 Å². The predicted octanol–water partition coefficient (Wildman–Crippen LogP) is 15.8. The first-order valence-corrected chi connectivity index (χ1v) is 21.0. The molecule has 12 aromatic rings. The fraction of sp³-hybridized carbons (Fsp3) is 0. The van der Waals surface area contributed by atoms with Crippen molar-refractivity contribution in [1.29, 1.82) is 0 Å². The van der Waals surface area contributed by atoms with Gasteiger partial charge >= 0.3 is 0 Å². The number of hydrogen-bond acceptors (Lipinski definition) is 5. The molecule has 0 N–H and O–H groups in total. The highest BCUT2D eigenvalue weighted by Gasteiger charge is 2.17. The monoisotopic (exact) mass is 808 g/mol. The SMILES string of the molecule is [2H]c1c([2H])c([2H])c2c(c1[2H])c([2H])c([2H])c1c2sc2c([2H])c(-c3ccc(-c4nc(-c5cccc(-c6ccccc6)c5)nc(-c5ccc6c(c5)sc5cccc(-c7ccccc7)c56)n4)cc3)c([2H])c([2H])c21. The highest BCUT2D eigenvalue weighted by Crippen LogP contribution is 2.43. The molecule has 3 nitrogen and oxygen atoms in total. The zero-order valence-electron chi connectivity index (χ0n) is 40.5. The Hall–Kier alpha value is -7.31. The summed E-state index contributed by atoms with van der Waals surface area (Å²) >= 11 is 2.77. The van der Waals surface area contributed by atoms with Crippen molar-refractivity contribution in [2.24, 2.45) is 0 Å². The van der Waals surface area contributed by atoms with E-state index >= 15 is 0 Å². The maximum Gasteiger partial charge on any atom is 0.164 e. The Morgan fingerprint density at radius 3 is 1.82 bits per heavy atom. The maximum absolute atomic E-state index is 9.46. The van der Waals surface area contributed by atoms with Crippen LogP contribution in [0.5, 0.6) is 0 Å². The van der Waals surface area contributed by atoms with Gasteiger partial charge in [-0.15, -0.1) is 22.7 Å². The van der Waals surface area contributed by atoms with Crippen molar-refractivity contribution in [3.05, 3.63) is 200 Å². The predicted molar refractivity (Wildman–Crippen MR) is 256 cm³/mol. The van der Waals surface area contributed by atoms with Crippen LogP contribution >= 0.6 is 22.7 Å². The summed E-state index contributed by atoms with van der Waals surface area (Å²) in [4.78, 5) is 15.2. The molecule has 0 saturated carbocycles. The van der Waals surface area contributed by atoms with E-state index in [0.29, 0.717) is 28.6 Å². The van der Waals surface area contributed by atoms with Crippen LogP contribution in [0, 0.1) is 0 Å². The molecule has 0 radical (unpaired) electrons. The molecule has 0 aliphatic carbocycles. The lowest BCUT2D eigenvalue weighted by Gasteiger charge is -2.10. The van der Waals surface area contributed by atoms with Crippen LogP contribution in [-0.4, -0.2) is 15.0 Å². The summed E-state index contributed by atoms with van der Waals surface area (Å²) in [5.74, 6) is 1.39. The molecule has 0 aliphatic rings. The second kappa shape index (κ2) is 14.2. The number of benzene rings is 9. The summed E-state index contributed by atoms with van der Waals surface area (Å²) in [6.45, 7) is 0. The number of nitrogens with zero attached hydrogens (tertiary/aromatic N) is 3. The Kier molecular flexibility index (Phi) is 6.31. The van der Waals surface area contributed by atoms with Crippen LogP contribution in [0.15, 0.2) is 200 Å². The molecule has 5 heteroatoms. The lowest BCUT2D eigenvalue weighted by atomic mass is 9.99. The number of fused-ring (bicyclic) bond motifs is 8. The number of aromatic nitrogens is 3. The number of hydrogen-bond donors (Lipinski definition) is 0. The minimum Gasteiger partial charge on any atom is -0.208 e. The van der Waals surface area contributed by atoms with Crippen LogP contribution in [0.25, 0.3) is 119 Å². The summed E-state index contributed by atoms with van der Waals surface area (Å²) in [5, 5.41) is 2.60. The van der Waals surface area contributed by atoms with Crippen LogP contribution in [0.1, 0.15) is 12.3 Å². The van der Waals surface area contributed by atoms with Crippen molar-refractivity contribution >= 4 is 73.8 Å². The number of rotatable bonds is 6. The number of thiophene rings is 2. The van der Waals surface area contributed by atoms with E-state index in [1.54, 1.807) is 23.5 Å². The average Bonchev–Trinajstić information content (AvgIpc) is 3.98. The smallest absolute Gasteiger partial charge is 0.164 e. The minimum atomic E-state index is -0.504. The summed E-state index contributed by atoms with van der Waals surface area (Å²) < 4.78 is 82.4. The Morgan fingerprint density at radius 1 is 0.367 bits per heavy atom. The van der Waals surface area contributed by atoms with Gasteiger partial charge in [-0.3, -0.25) is 0 Å². The molecular weight excluding hydrogens is 767 g/mol. The van der Waals surface area contributed by atoms with E-state index in [4.69, 9.17) is 23.2 Å². The van der Waals surface area contributed by atoms with E-state index in [2.05, 4.69) is 84.9 Å². The standard InChI is InChI=1S/C55H33N3S2/c1-3-11-34(12-4-1)39-16-9-17-41(31-39)54-56-53(57-55(58-54)42-27-30-47-50(33-42)59-48-20-10-19-43(51(47)48)36-13-5-2-6-14-36)38-23-21-35(22-24-38)40-26-28-45-46-29-25-37-15-7-8-18-44(37)52(46)60-49(45)32-40/h1-33H/i7D,8D,15D,18D,25D,26D,28D,29D,32D. The van der Waals surface area contributed by atoms with Crippen LogP contribution in [-0.2, 0) is 0 Å². The first kappa shape index (κ1) is 26.6. The van der Waals surface area contributed by atoms with Crippen LogP contribution in [0.2, 0.25) is 0 Å². The molecule has 0 fully saturated rings. The minimum absolute atomic E-state index is 0.0598. The Bertz CT molecular complexity index is 4120. The average molecular weight is 809 g/mol. The molecule has 3 heterocycles. The van der Waals surface area contributed by atoms with Crippen molar-refractivity contribution in [2.75, 3.05) is 0 Å². The Morgan fingerprint density at radius 2 is 1.00 bits per heavy atom. The van der Waals surface area contributed by atoms with Crippen molar-refractivity contribution in [3.63, 3.8) is 0 Å². The van der Waals surface area contributed by atoms with E-state index in [1.165, 1.54) is 15.6 Å². The largest absolute Gasteiger partial charge is 0.208 e. The molecular formula is C55H33N3S2. The topological polar surface area (TPSA) is 38.7 Å². The molecule has 280 valence electrons. The highest BCUT2D eigenvalue weighted by atomic mass is 32.1. The molecule has 60 heavy (non-hydrogen) atoms. The van der Waals surface area contributed by atoms with Gasteiger partial charge < -0.3 is 0 Å². The molecule has 3 aromatic heterocycles. The van der Waals surface area contributed by atoms with Crippen molar-refractivity contribution < 1.29 is 12.3 Å². The van der Waals surface area contributed by atoms with Gasteiger partial charge in [0.15, 0.2) is 17.5 Å². The van der Waals surface area contributed by atoms with Gasteiger partial charge in [0.25, 0.3) is 0 Å². The maximum atomic E-state index is 9.46. The molecule has 0 aliphatic heterocycles. The lowest BCUT2D eigenvalue weighted by Crippen LogP contribution is -2.00. The van der Waals surface area contributed by atoms with Crippen molar-refractivity contribution in [1.82, 2.24) is 15.0 Å². The molecule has 12 rings (SSSR count).